The van der Waals surface area contributed by atoms with Gasteiger partial charge in [0.2, 0.25) is 11.8 Å². The van der Waals surface area contributed by atoms with E-state index >= 15 is 0 Å². The Morgan fingerprint density at radius 3 is 1.31 bits per heavy atom. The summed E-state index contributed by atoms with van der Waals surface area (Å²) in [4.78, 5) is 159. The number of amides is 8. The predicted octanol–water partition coefficient (Wildman–Crippen LogP) is 9.33. The number of aliphatic hydroxyl groups excluding tert-OH is 1. The maximum atomic E-state index is 13.2. The van der Waals surface area contributed by atoms with Crippen LogP contribution in [0.1, 0.15) is 146 Å². The Labute approximate surface area is 714 Å². The number of cyclic esters (lactones) is 4. The summed E-state index contributed by atoms with van der Waals surface area (Å²) in [6, 6.07) is 36.0. The summed E-state index contributed by atoms with van der Waals surface area (Å²) in [6.07, 6.45) is 4.54. The van der Waals surface area contributed by atoms with Gasteiger partial charge in [-0.1, -0.05) is 127 Å². The van der Waals surface area contributed by atoms with E-state index < -0.39 is 118 Å². The van der Waals surface area contributed by atoms with E-state index in [2.05, 4.69) is 110 Å². The highest BCUT2D eigenvalue weighted by atomic mass is 32.2. The summed E-state index contributed by atoms with van der Waals surface area (Å²) in [7, 11) is -4.01. The number of aromatic nitrogens is 4. The first-order chi connectivity index (χ1) is 59.1. The topological polar surface area (TPSA) is 519 Å². The molecule has 124 heavy (non-hydrogen) atoms. The van der Waals surface area contributed by atoms with Crippen molar-refractivity contribution < 1.29 is 123 Å². The molecular weight excluding hydrogens is 1640 g/mol. The monoisotopic (exact) mass is 1740 g/mol. The highest BCUT2D eigenvalue weighted by Crippen LogP contribution is 2.36. The molecule has 0 saturated carbocycles. The van der Waals surface area contributed by atoms with Crippen LogP contribution >= 0.6 is 0 Å². The van der Waals surface area contributed by atoms with Gasteiger partial charge >= 0.3 is 60.4 Å². The van der Waals surface area contributed by atoms with Crippen LogP contribution in [0.2, 0.25) is 0 Å². The number of aryl methyl sites for hydroxylation is 1. The van der Waals surface area contributed by atoms with Gasteiger partial charge in [0.05, 0.1) is 73.8 Å². The number of H-pyrrole nitrogens is 2. The number of carbonyl (C=O) groups is 12. The van der Waals surface area contributed by atoms with E-state index in [9.17, 15) is 66.0 Å². The molecule has 13 rings (SSSR count). The Balaban J connectivity index is 0.000000200. The Morgan fingerprint density at radius 2 is 0.903 bits per heavy atom. The van der Waals surface area contributed by atoms with Crippen molar-refractivity contribution in [3.63, 3.8) is 0 Å². The third-order valence-electron chi connectivity index (χ3n) is 19.3. The number of imidazole rings is 2. The summed E-state index contributed by atoms with van der Waals surface area (Å²) in [5, 5.41) is 40.1. The van der Waals surface area contributed by atoms with Crippen molar-refractivity contribution >= 4 is 82.4 Å². The number of ether oxygens (including phenoxy) is 8. The lowest BCUT2D eigenvalue weighted by atomic mass is 10.0. The molecule has 38 nitrogen and oxygen atoms in total. The third-order valence-corrected chi connectivity index (χ3v) is 20.6. The molecule has 0 aliphatic carbocycles. The number of carboxylic acid groups (broad SMARTS) is 2. The minimum atomic E-state index is -4.01. The van der Waals surface area contributed by atoms with Crippen LogP contribution < -0.4 is 31.9 Å². The fourth-order valence-electron chi connectivity index (χ4n) is 13.1. The summed E-state index contributed by atoms with van der Waals surface area (Å²) in [5.74, 6) is -2.08. The first-order valence-electron chi connectivity index (χ1n) is 40.2. The van der Waals surface area contributed by atoms with Crippen LogP contribution in [0.25, 0.3) is 33.6 Å². The number of aliphatic carboxylic acids is 2. The molecule has 6 saturated heterocycles. The predicted molar refractivity (Wildman–Crippen MR) is 441 cm³/mol. The number of benzene rings is 5. The molecule has 11 N–H and O–H groups in total. The summed E-state index contributed by atoms with van der Waals surface area (Å²) >= 11 is 0. The van der Waals surface area contributed by atoms with Crippen LogP contribution in [0, 0.1) is 6.92 Å². The van der Waals surface area contributed by atoms with Crippen molar-refractivity contribution in [2.75, 3.05) is 52.7 Å². The second-order valence-electron chi connectivity index (χ2n) is 31.0. The molecule has 8 heterocycles. The minimum Gasteiger partial charge on any atom is -0.480 e. The zero-order valence-corrected chi connectivity index (χ0v) is 70.4. The number of carboxylic acids is 2. The summed E-state index contributed by atoms with van der Waals surface area (Å²) in [6.45, 7) is 13.7. The molecular formula is C85H104N12O26S. The van der Waals surface area contributed by atoms with Gasteiger partial charge in [0.15, 0.2) is 0 Å². The second-order valence-corrected chi connectivity index (χ2v) is 32.7. The van der Waals surface area contributed by atoms with Crippen LogP contribution in [0.3, 0.4) is 0 Å². The Hall–Kier alpha value is -13.2. The lowest BCUT2D eigenvalue weighted by Gasteiger charge is -2.30. The fourth-order valence-corrected chi connectivity index (χ4v) is 14.0. The standard InChI is InChI=1S/C36H38N8O6.C23H29NO7S.C12H13NO4.C9H17NO5.C5H7NO4/c45-33(25-13-17-49-35(47)41-25)43-15-1-3-29(43)31-37-19-27(39-31)23-9-5-21(6-10-23)22-7-11-24(12-8-22)28-20-38-32(40-28)30-4-2-16-44(30)34(46)26-14-18-50-36(48)42-26;1-17-10-12-19(13-11-17)32(27,28)30-15-14-20(24-22(26)31-23(2,3)4)21(25)29-16-18-8-6-5-7-9-18;14-11(10-6-7-16-12(15)13-10)17-8-9-4-2-1-3-5-9;1-9(2,3)15-8(14)10-6(4-5-11)7(12)13;7-4(8)3-1-2-10-5(9)6-3/h5-12,19-20,25-26,29-30H,1-4,13-18H2,(H,37,39)(H,38,40)(H,41,47)(H,42,48);5-13,20H,14-16H2,1-4H3,(H,24,26);1-5,10H,6-8H2,(H,13,15);6,11H,4-5H2,1-3H3,(H,10,14)(H,12,13);3H,1-2H2,(H,6,9)(H,7,8)/t25-,26-,29-,30-;20-;10-;6-;3-/m00000/s1. The van der Waals surface area contributed by atoms with Crippen molar-refractivity contribution in [1.82, 2.24) is 61.6 Å². The van der Waals surface area contributed by atoms with Gasteiger partial charge in [-0.2, -0.15) is 8.42 Å². The molecule has 6 aliphatic rings. The lowest BCUT2D eigenvalue weighted by Crippen LogP contribution is -2.51. The molecule has 39 heteroatoms. The number of rotatable bonds is 24. The maximum Gasteiger partial charge on any atom is 0.408 e. The molecule has 6 fully saturated rings. The Kier molecular flexibility index (Phi) is 34.4. The number of hydrogen-bond acceptors (Lipinski definition) is 26. The third kappa shape index (κ3) is 29.6. The number of carbonyl (C=O) groups excluding carboxylic acids is 10. The normalized spacial score (nSPS) is 19.0. The van der Waals surface area contributed by atoms with Gasteiger partial charge in [-0.15, -0.1) is 0 Å². The number of alkyl carbamates (subject to hydrolysis) is 6. The van der Waals surface area contributed by atoms with Gasteiger partial charge in [0.1, 0.15) is 72.3 Å². The first-order valence-corrected chi connectivity index (χ1v) is 41.6. The van der Waals surface area contributed by atoms with Crippen LogP contribution in [0.4, 0.5) is 28.8 Å². The number of esters is 2. The molecule has 5 aromatic carbocycles. The van der Waals surface area contributed by atoms with Crippen LogP contribution in [0.5, 0.6) is 0 Å². The van der Waals surface area contributed by atoms with Crippen molar-refractivity contribution in [2.45, 2.75) is 190 Å². The molecule has 2 aromatic heterocycles. The first kappa shape index (κ1) is 94.7. The van der Waals surface area contributed by atoms with E-state index in [-0.39, 0.29) is 94.5 Å². The molecule has 6 aliphatic heterocycles. The number of hydrogen-bond donors (Lipinski definition) is 11. The van der Waals surface area contributed by atoms with E-state index in [1.165, 1.54) is 12.1 Å². The fraction of sp³-hybridized carbons (Fsp3) is 0.435. The van der Waals surface area contributed by atoms with Crippen LogP contribution in [0.15, 0.2) is 151 Å². The molecule has 8 atom stereocenters. The van der Waals surface area contributed by atoms with Crippen molar-refractivity contribution in [3.8, 4) is 33.6 Å². The van der Waals surface area contributed by atoms with E-state index in [0.717, 1.165) is 87.7 Å². The van der Waals surface area contributed by atoms with Crippen LogP contribution in [-0.2, 0) is 94.2 Å². The quantitative estimate of drug-likeness (QED) is 0.0152. The van der Waals surface area contributed by atoms with Crippen molar-refractivity contribution in [2.24, 2.45) is 0 Å². The lowest BCUT2D eigenvalue weighted by molar-refractivity contribution is -0.149. The van der Waals surface area contributed by atoms with E-state index in [4.69, 9.17) is 47.9 Å². The van der Waals surface area contributed by atoms with Crippen molar-refractivity contribution in [3.05, 3.63) is 174 Å². The average molecular weight is 1740 g/mol. The zero-order chi connectivity index (χ0) is 89.7. The Bertz CT molecular complexity index is 4770. The highest BCUT2D eigenvalue weighted by molar-refractivity contribution is 7.86. The van der Waals surface area contributed by atoms with Gasteiger partial charge in [-0.05, 0) is 120 Å². The summed E-state index contributed by atoms with van der Waals surface area (Å²) in [5.41, 5.74) is 7.00. The van der Waals surface area contributed by atoms with E-state index in [0.29, 0.717) is 38.8 Å². The smallest absolute Gasteiger partial charge is 0.408 e. The number of likely N-dealkylation sites (tertiary alicyclic amines) is 2. The van der Waals surface area contributed by atoms with Gasteiger partial charge in [-0.25, -0.2) is 57.9 Å². The second kappa shape index (κ2) is 45.1. The van der Waals surface area contributed by atoms with Gasteiger partial charge in [-0.3, -0.25) is 13.8 Å². The molecule has 8 amide bonds. The maximum absolute atomic E-state index is 13.2. The molecule has 0 unspecified atom stereocenters. The zero-order valence-electron chi connectivity index (χ0n) is 69.5. The molecule has 666 valence electrons. The Morgan fingerprint density at radius 1 is 0.508 bits per heavy atom. The molecule has 7 aromatic rings. The average Bonchev–Trinajstić information content (AvgIpc) is 1.68. The number of aliphatic hydroxyl groups is 1. The largest absolute Gasteiger partial charge is 0.480 e. The summed E-state index contributed by atoms with van der Waals surface area (Å²) < 4.78 is 69.2. The van der Waals surface area contributed by atoms with E-state index in [1.54, 1.807) is 78.2 Å². The molecule has 0 spiro atoms. The van der Waals surface area contributed by atoms with E-state index in [1.807, 2.05) is 65.3 Å². The minimum absolute atomic E-state index is 0.00593. The highest BCUT2D eigenvalue weighted by Gasteiger charge is 2.40. The molecule has 0 bridgehead atoms. The van der Waals surface area contributed by atoms with Gasteiger partial charge in [0.25, 0.3) is 10.1 Å². The molecule has 0 radical (unpaired) electrons. The van der Waals surface area contributed by atoms with Gasteiger partial charge < -0.3 is 105 Å². The number of aromatic amines is 2. The van der Waals surface area contributed by atoms with Gasteiger partial charge in [0, 0.05) is 58.2 Å². The van der Waals surface area contributed by atoms with Crippen LogP contribution in [-0.4, -0.2) is 226 Å². The van der Waals surface area contributed by atoms with Crippen molar-refractivity contribution in [1.29, 1.82) is 0 Å². The number of nitrogens with one attached hydrogen (secondary N) is 8. The SMILES string of the molecule is CC(C)(C)OC(=O)N[C@@H](CCO)C(=O)O.Cc1ccc(S(=O)(=O)OCC[C@H](NC(=O)OC(C)(C)C)C(=O)OCc2ccccc2)cc1.O=C1N[C@H](C(=O)N2CCC[C@H]2c2ncc(-c3ccc(-c4ccc(-c5cnc([C@@H]6CCCN6C(=O)[C@@H]6CCOC(=O)N6)[nH]5)cc4)cc3)[nH]2)CCO1.O=C1N[C@H](C(=O)O)CCO1.O=C1N[C@H](C(=O)OCc2ccccc2)CCO1. The number of nitrogens with zero attached hydrogens (tertiary/aromatic N) is 4.